The third-order valence-corrected chi connectivity index (χ3v) is 5.93. The first kappa shape index (κ1) is 19.2. The molecule has 1 aliphatic rings. The summed E-state index contributed by atoms with van der Waals surface area (Å²) in [6.07, 6.45) is 0.781. The zero-order chi connectivity index (χ0) is 18.8. The second-order valence-corrected chi connectivity index (χ2v) is 8.09. The van der Waals surface area contributed by atoms with E-state index >= 15 is 0 Å². The van der Waals surface area contributed by atoms with Gasteiger partial charge in [0.1, 0.15) is 11.5 Å². The summed E-state index contributed by atoms with van der Waals surface area (Å²) >= 11 is 13.4. The first-order valence-electron chi connectivity index (χ1n) is 8.30. The second kappa shape index (κ2) is 7.96. The number of hydrogen-bond acceptors (Lipinski definition) is 4. The molecule has 5 nitrogen and oxygen atoms in total. The van der Waals surface area contributed by atoms with E-state index in [1.54, 1.807) is 19.1 Å². The number of carbonyl (C=O) groups excluding carboxylic acids is 2. The van der Waals surface area contributed by atoms with E-state index in [1.807, 2.05) is 0 Å². The molecule has 1 aliphatic heterocycles. The third-order valence-electron chi connectivity index (χ3n) is 4.24. The molecule has 2 aromatic rings. The molecule has 3 rings (SSSR count). The van der Waals surface area contributed by atoms with E-state index in [1.165, 1.54) is 22.3 Å². The van der Waals surface area contributed by atoms with E-state index in [0.717, 1.165) is 30.0 Å². The van der Waals surface area contributed by atoms with Gasteiger partial charge >= 0.3 is 5.97 Å². The van der Waals surface area contributed by atoms with E-state index in [9.17, 15) is 9.59 Å². The number of amides is 1. The number of nitrogens with one attached hydrogen (secondary N) is 2. The average molecular weight is 414 g/mol. The normalized spacial score (nSPS) is 16.1. The molecule has 1 aromatic heterocycles. The summed E-state index contributed by atoms with van der Waals surface area (Å²) in [7, 11) is 2.11. The Bertz CT molecular complexity index is 866. The predicted molar refractivity (Wildman–Crippen MR) is 104 cm³/mol. The Morgan fingerprint density at radius 2 is 2.12 bits per heavy atom. The lowest BCUT2D eigenvalue weighted by Crippen LogP contribution is -3.08. The highest BCUT2D eigenvalue weighted by Crippen LogP contribution is 2.36. The van der Waals surface area contributed by atoms with Gasteiger partial charge in [0.25, 0.3) is 5.91 Å². The largest absolute Gasteiger partial charge is 0.462 e. The van der Waals surface area contributed by atoms with Crippen LogP contribution in [0.2, 0.25) is 10.0 Å². The number of benzene rings is 1. The molecule has 0 saturated heterocycles. The molecule has 0 fully saturated rings. The van der Waals surface area contributed by atoms with Gasteiger partial charge in [-0.05, 0) is 30.7 Å². The summed E-state index contributed by atoms with van der Waals surface area (Å²) in [5, 5.41) is 4.07. The highest BCUT2D eigenvalue weighted by Gasteiger charge is 2.30. The number of rotatable bonds is 4. The van der Waals surface area contributed by atoms with Gasteiger partial charge in [-0.15, -0.1) is 11.3 Å². The molecule has 0 aliphatic carbocycles. The van der Waals surface area contributed by atoms with Crippen LogP contribution in [0.15, 0.2) is 18.2 Å². The summed E-state index contributed by atoms with van der Waals surface area (Å²) in [5.41, 5.74) is 1.76. The second-order valence-electron chi connectivity index (χ2n) is 6.14. The molecule has 2 N–H and O–H groups in total. The monoisotopic (exact) mass is 413 g/mol. The number of quaternary nitrogens is 1. The standard InChI is InChI=1S/C18H18Cl2N2O3S/c1-3-25-18(24)15-12-6-7-22(2)9-14(12)26-17(15)21-16(23)11-5-4-10(19)8-13(11)20/h4-5,8H,3,6-7,9H2,1-2H3,(H,21,23)/p+1. The number of thiophene rings is 1. The SMILES string of the molecule is CCOC(=O)c1c(NC(=O)c2ccc(Cl)cc2Cl)sc2c1CC[NH+](C)C2. The molecule has 1 aromatic carbocycles. The van der Waals surface area contributed by atoms with Crippen LogP contribution >= 0.6 is 34.5 Å². The van der Waals surface area contributed by atoms with Gasteiger partial charge in [0.15, 0.2) is 0 Å². The number of carbonyl (C=O) groups is 2. The first-order chi connectivity index (χ1) is 12.4. The number of hydrogen-bond donors (Lipinski definition) is 2. The maximum Gasteiger partial charge on any atom is 0.341 e. The van der Waals surface area contributed by atoms with Gasteiger partial charge in [-0.3, -0.25) is 4.79 Å². The van der Waals surface area contributed by atoms with E-state index in [0.29, 0.717) is 21.2 Å². The van der Waals surface area contributed by atoms with E-state index < -0.39 is 5.97 Å². The molecule has 2 heterocycles. The van der Waals surface area contributed by atoms with Crippen molar-refractivity contribution in [2.75, 3.05) is 25.5 Å². The highest BCUT2D eigenvalue weighted by atomic mass is 35.5. The molecular formula is C18H19Cl2N2O3S+. The van der Waals surface area contributed by atoms with Crippen LogP contribution in [0.4, 0.5) is 5.00 Å². The van der Waals surface area contributed by atoms with Gasteiger partial charge in [-0.1, -0.05) is 23.2 Å². The van der Waals surface area contributed by atoms with E-state index in [2.05, 4.69) is 12.4 Å². The molecule has 0 bridgehead atoms. The average Bonchev–Trinajstić information content (AvgIpc) is 2.91. The van der Waals surface area contributed by atoms with Gasteiger partial charge in [-0.2, -0.15) is 0 Å². The third kappa shape index (κ3) is 3.88. The van der Waals surface area contributed by atoms with Crippen molar-refractivity contribution in [3.63, 3.8) is 0 Å². The van der Waals surface area contributed by atoms with Crippen molar-refractivity contribution in [2.45, 2.75) is 19.9 Å². The lowest BCUT2D eigenvalue weighted by molar-refractivity contribution is -0.895. The number of likely N-dealkylation sites (N-methyl/N-ethyl adjacent to an activating group) is 1. The fourth-order valence-corrected chi connectivity index (χ4v) is 4.81. The molecule has 1 amide bonds. The number of halogens is 2. The fraction of sp³-hybridized carbons (Fsp3) is 0.333. The molecule has 138 valence electrons. The summed E-state index contributed by atoms with van der Waals surface area (Å²) in [4.78, 5) is 27.6. The molecule has 26 heavy (non-hydrogen) atoms. The molecule has 0 radical (unpaired) electrons. The maximum absolute atomic E-state index is 12.7. The molecule has 0 spiro atoms. The van der Waals surface area contributed by atoms with Gasteiger partial charge in [0.05, 0.1) is 41.2 Å². The van der Waals surface area contributed by atoms with Crippen molar-refractivity contribution in [1.29, 1.82) is 0 Å². The van der Waals surface area contributed by atoms with Gasteiger partial charge in [0, 0.05) is 11.4 Å². The Labute approximate surface area is 165 Å². The molecular weight excluding hydrogens is 395 g/mol. The van der Waals surface area contributed by atoms with Gasteiger partial charge < -0.3 is 15.0 Å². The minimum Gasteiger partial charge on any atom is -0.462 e. The zero-order valence-corrected chi connectivity index (χ0v) is 16.8. The minimum atomic E-state index is -0.401. The summed E-state index contributed by atoms with van der Waals surface area (Å²) in [6, 6.07) is 4.68. The molecule has 1 atom stereocenters. The smallest absolute Gasteiger partial charge is 0.341 e. The van der Waals surface area contributed by atoms with Crippen LogP contribution < -0.4 is 10.2 Å². The zero-order valence-electron chi connectivity index (χ0n) is 14.4. The van der Waals surface area contributed by atoms with Crippen molar-refractivity contribution in [2.24, 2.45) is 0 Å². The number of esters is 1. The van der Waals surface area contributed by atoms with E-state index in [-0.39, 0.29) is 17.5 Å². The summed E-state index contributed by atoms with van der Waals surface area (Å²) < 4.78 is 5.21. The van der Waals surface area contributed by atoms with Crippen LogP contribution in [-0.4, -0.2) is 32.1 Å². The molecule has 1 unspecified atom stereocenters. The summed E-state index contributed by atoms with van der Waals surface area (Å²) in [6.45, 7) is 3.81. The Balaban J connectivity index is 1.96. The Kier molecular flexibility index (Phi) is 5.87. The van der Waals surface area contributed by atoms with Crippen LogP contribution in [0.5, 0.6) is 0 Å². The highest BCUT2D eigenvalue weighted by molar-refractivity contribution is 7.17. The number of ether oxygens (including phenoxy) is 1. The van der Waals surface area contributed by atoms with Crippen LogP contribution in [0.1, 0.15) is 38.1 Å². The van der Waals surface area contributed by atoms with Crippen LogP contribution in [0, 0.1) is 0 Å². The van der Waals surface area contributed by atoms with Crippen LogP contribution in [0.3, 0.4) is 0 Å². The van der Waals surface area contributed by atoms with Crippen molar-refractivity contribution < 1.29 is 19.2 Å². The molecule has 0 saturated carbocycles. The van der Waals surface area contributed by atoms with Crippen molar-refractivity contribution in [3.05, 3.63) is 49.8 Å². The van der Waals surface area contributed by atoms with Gasteiger partial charge in [0.2, 0.25) is 0 Å². The lowest BCUT2D eigenvalue weighted by Gasteiger charge is -2.19. The predicted octanol–water partition coefficient (Wildman–Crippen LogP) is 3.05. The topological polar surface area (TPSA) is 59.8 Å². The van der Waals surface area contributed by atoms with Crippen LogP contribution in [-0.2, 0) is 17.7 Å². The van der Waals surface area contributed by atoms with Gasteiger partial charge in [-0.25, -0.2) is 4.79 Å². The quantitative estimate of drug-likeness (QED) is 0.757. The maximum atomic E-state index is 12.7. The van der Waals surface area contributed by atoms with Crippen molar-refractivity contribution in [3.8, 4) is 0 Å². The van der Waals surface area contributed by atoms with Crippen molar-refractivity contribution in [1.82, 2.24) is 0 Å². The number of anilines is 1. The Morgan fingerprint density at radius 3 is 2.81 bits per heavy atom. The first-order valence-corrected chi connectivity index (χ1v) is 9.87. The van der Waals surface area contributed by atoms with E-state index in [4.69, 9.17) is 27.9 Å². The van der Waals surface area contributed by atoms with Crippen LogP contribution in [0.25, 0.3) is 0 Å². The fourth-order valence-electron chi connectivity index (χ4n) is 2.97. The van der Waals surface area contributed by atoms with Crippen molar-refractivity contribution >= 4 is 51.4 Å². The number of fused-ring (bicyclic) bond motifs is 1. The lowest BCUT2D eigenvalue weighted by atomic mass is 10.0. The Hall–Kier alpha value is -1.60. The summed E-state index contributed by atoms with van der Waals surface area (Å²) in [5.74, 6) is -0.779. The minimum absolute atomic E-state index is 0.262. The molecule has 8 heteroatoms. The Morgan fingerprint density at radius 1 is 1.35 bits per heavy atom.